The molecule has 0 N–H and O–H groups in total. The first-order valence-electron chi connectivity index (χ1n) is 9.11. The van der Waals surface area contributed by atoms with Crippen LogP contribution in [0.5, 0.6) is 0 Å². The van der Waals surface area contributed by atoms with E-state index in [1.54, 1.807) is 0 Å². The number of aromatic nitrogens is 5. The fourth-order valence-electron chi connectivity index (χ4n) is 3.08. The molecule has 0 unspecified atom stereocenters. The van der Waals surface area contributed by atoms with Gasteiger partial charge in [0, 0.05) is 43.9 Å². The van der Waals surface area contributed by atoms with Crippen LogP contribution in [0.2, 0.25) is 0 Å². The van der Waals surface area contributed by atoms with E-state index in [4.69, 9.17) is 4.52 Å². The van der Waals surface area contributed by atoms with Gasteiger partial charge in [-0.2, -0.15) is 14.6 Å². The summed E-state index contributed by atoms with van der Waals surface area (Å²) < 4.78 is 6.74. The van der Waals surface area contributed by atoms with E-state index in [0.717, 1.165) is 49.2 Å². The third-order valence-electron chi connectivity index (χ3n) is 4.60. The lowest BCUT2D eigenvalue weighted by molar-refractivity contribution is 0.112. The number of nitrogens with zero attached hydrogens (tertiary/aromatic N) is 7. The Bertz CT molecular complexity index is 985. The zero-order valence-electron chi connectivity index (χ0n) is 15.8. The van der Waals surface area contributed by atoms with E-state index in [9.17, 15) is 4.79 Å². The standard InChI is InChI=1S/C17H23N7O2S/c1-11(2)16-19-13(26-21-16)9-22-4-6-23(7-5-22)10-14-20-24-15(25)8-12(3)18-17(24)27-14/h8,11H,4-7,9-10H2,1-3H3. The van der Waals surface area contributed by atoms with Gasteiger partial charge in [-0.3, -0.25) is 14.6 Å². The Labute approximate surface area is 160 Å². The second-order valence-electron chi connectivity index (χ2n) is 7.18. The molecule has 0 aromatic carbocycles. The highest BCUT2D eigenvalue weighted by Crippen LogP contribution is 2.16. The van der Waals surface area contributed by atoms with Crippen molar-refractivity contribution in [1.82, 2.24) is 34.5 Å². The molecule has 0 bridgehead atoms. The van der Waals surface area contributed by atoms with Crippen LogP contribution in [0.1, 0.15) is 42.2 Å². The summed E-state index contributed by atoms with van der Waals surface area (Å²) in [5.41, 5.74) is 0.607. The first-order chi connectivity index (χ1) is 13.0. The maximum Gasteiger partial charge on any atom is 0.275 e. The fourth-order valence-corrected chi connectivity index (χ4v) is 4.07. The zero-order valence-corrected chi connectivity index (χ0v) is 16.6. The van der Waals surface area contributed by atoms with Gasteiger partial charge in [0.05, 0.1) is 13.1 Å². The number of piperazine rings is 1. The fraction of sp³-hybridized carbons (Fsp3) is 0.588. The van der Waals surface area contributed by atoms with E-state index in [1.165, 1.54) is 21.9 Å². The Kier molecular flexibility index (Phi) is 5.02. The minimum atomic E-state index is -0.120. The van der Waals surface area contributed by atoms with E-state index >= 15 is 0 Å². The maximum absolute atomic E-state index is 12.0. The largest absolute Gasteiger partial charge is 0.338 e. The van der Waals surface area contributed by atoms with Crippen molar-refractivity contribution in [2.24, 2.45) is 0 Å². The second-order valence-corrected chi connectivity index (χ2v) is 8.22. The number of aryl methyl sites for hydroxylation is 1. The minimum absolute atomic E-state index is 0.120. The Morgan fingerprint density at radius 1 is 1.15 bits per heavy atom. The summed E-state index contributed by atoms with van der Waals surface area (Å²) in [6.07, 6.45) is 0. The molecule has 4 rings (SSSR count). The van der Waals surface area contributed by atoms with Crippen LogP contribution in [0.25, 0.3) is 4.96 Å². The third-order valence-corrected chi connectivity index (χ3v) is 5.49. The summed E-state index contributed by atoms with van der Waals surface area (Å²) in [6.45, 7) is 11.1. The van der Waals surface area contributed by atoms with E-state index in [2.05, 4.69) is 43.9 Å². The normalized spacial score (nSPS) is 16.6. The van der Waals surface area contributed by atoms with Gasteiger partial charge in [0.15, 0.2) is 5.82 Å². The molecule has 0 saturated carbocycles. The van der Waals surface area contributed by atoms with Gasteiger partial charge in [-0.1, -0.05) is 30.3 Å². The van der Waals surface area contributed by atoms with Crippen molar-refractivity contribution >= 4 is 16.3 Å². The Balaban J connectivity index is 1.34. The Morgan fingerprint density at radius 3 is 2.52 bits per heavy atom. The monoisotopic (exact) mass is 389 g/mol. The highest BCUT2D eigenvalue weighted by Gasteiger charge is 2.21. The summed E-state index contributed by atoms with van der Waals surface area (Å²) in [7, 11) is 0. The highest BCUT2D eigenvalue weighted by atomic mass is 32.1. The van der Waals surface area contributed by atoms with E-state index in [1.807, 2.05) is 6.92 Å². The quantitative estimate of drug-likeness (QED) is 0.644. The van der Waals surface area contributed by atoms with Crippen LogP contribution in [-0.2, 0) is 13.1 Å². The summed E-state index contributed by atoms with van der Waals surface area (Å²) in [4.78, 5) is 26.2. The average molecular weight is 389 g/mol. The topological polar surface area (TPSA) is 92.7 Å². The van der Waals surface area contributed by atoms with Gasteiger partial charge in [-0.05, 0) is 6.92 Å². The van der Waals surface area contributed by atoms with Crippen LogP contribution in [0, 0.1) is 6.92 Å². The molecule has 144 valence electrons. The smallest absolute Gasteiger partial charge is 0.275 e. The first-order valence-corrected chi connectivity index (χ1v) is 9.93. The molecule has 1 aliphatic rings. The molecule has 0 spiro atoms. The van der Waals surface area contributed by atoms with Gasteiger partial charge in [-0.15, -0.1) is 0 Å². The number of hydrogen-bond donors (Lipinski definition) is 0. The lowest BCUT2D eigenvalue weighted by atomic mass is 10.2. The lowest BCUT2D eigenvalue weighted by Crippen LogP contribution is -2.45. The van der Waals surface area contributed by atoms with E-state index in [0.29, 0.717) is 17.4 Å². The van der Waals surface area contributed by atoms with Crippen molar-refractivity contribution in [2.45, 2.75) is 39.8 Å². The van der Waals surface area contributed by atoms with Gasteiger partial charge < -0.3 is 4.52 Å². The molecule has 3 aromatic heterocycles. The molecular weight excluding hydrogens is 366 g/mol. The van der Waals surface area contributed by atoms with Crippen LogP contribution < -0.4 is 5.56 Å². The van der Waals surface area contributed by atoms with E-state index in [-0.39, 0.29) is 11.5 Å². The SMILES string of the molecule is Cc1cc(=O)n2nc(CN3CCN(Cc4nc(C(C)C)no4)CC3)sc2n1. The molecule has 3 aromatic rings. The summed E-state index contributed by atoms with van der Waals surface area (Å²) in [5, 5.41) is 9.36. The van der Waals surface area contributed by atoms with Gasteiger partial charge >= 0.3 is 0 Å². The number of rotatable bonds is 5. The summed E-state index contributed by atoms with van der Waals surface area (Å²) >= 11 is 1.48. The van der Waals surface area contributed by atoms with Gasteiger partial charge in [0.2, 0.25) is 10.9 Å². The minimum Gasteiger partial charge on any atom is -0.338 e. The van der Waals surface area contributed by atoms with Crippen LogP contribution in [0.15, 0.2) is 15.4 Å². The molecule has 27 heavy (non-hydrogen) atoms. The molecule has 0 atom stereocenters. The Hall–Kier alpha value is -2.17. The molecule has 9 nitrogen and oxygen atoms in total. The predicted molar refractivity (Wildman–Crippen MR) is 101 cm³/mol. The molecule has 0 amide bonds. The first kappa shape index (κ1) is 18.2. The van der Waals surface area contributed by atoms with Crippen molar-refractivity contribution in [3.63, 3.8) is 0 Å². The van der Waals surface area contributed by atoms with Gasteiger partial charge in [-0.25, -0.2) is 4.98 Å². The van der Waals surface area contributed by atoms with Crippen molar-refractivity contribution in [2.75, 3.05) is 26.2 Å². The molecule has 1 fully saturated rings. The van der Waals surface area contributed by atoms with Crippen LogP contribution >= 0.6 is 11.3 Å². The predicted octanol–water partition coefficient (Wildman–Crippen LogP) is 1.28. The number of fused-ring (bicyclic) bond motifs is 1. The lowest BCUT2D eigenvalue weighted by Gasteiger charge is -2.33. The maximum atomic E-state index is 12.0. The van der Waals surface area contributed by atoms with Gasteiger partial charge in [0.25, 0.3) is 5.56 Å². The summed E-state index contributed by atoms with van der Waals surface area (Å²) in [6, 6.07) is 1.51. The molecule has 1 aliphatic heterocycles. The van der Waals surface area contributed by atoms with Crippen LogP contribution in [0.4, 0.5) is 0 Å². The zero-order chi connectivity index (χ0) is 19.0. The Morgan fingerprint density at radius 2 is 1.85 bits per heavy atom. The second kappa shape index (κ2) is 7.45. The molecule has 1 saturated heterocycles. The van der Waals surface area contributed by atoms with Gasteiger partial charge in [0.1, 0.15) is 5.01 Å². The molecule has 0 radical (unpaired) electrons. The van der Waals surface area contributed by atoms with E-state index < -0.39 is 0 Å². The molecule has 4 heterocycles. The average Bonchev–Trinajstić information content (AvgIpc) is 3.23. The third kappa shape index (κ3) is 4.07. The van der Waals surface area contributed by atoms with Crippen molar-refractivity contribution in [1.29, 1.82) is 0 Å². The van der Waals surface area contributed by atoms with Crippen molar-refractivity contribution in [3.05, 3.63) is 38.8 Å². The van der Waals surface area contributed by atoms with Crippen LogP contribution in [0.3, 0.4) is 0 Å². The van der Waals surface area contributed by atoms with Crippen molar-refractivity contribution in [3.8, 4) is 0 Å². The van der Waals surface area contributed by atoms with Crippen molar-refractivity contribution < 1.29 is 4.52 Å². The summed E-state index contributed by atoms with van der Waals surface area (Å²) in [5.74, 6) is 1.72. The van der Waals surface area contributed by atoms with Crippen LogP contribution in [-0.4, -0.2) is 60.7 Å². The molecular formula is C17H23N7O2S. The number of hydrogen-bond acceptors (Lipinski definition) is 9. The molecule has 0 aliphatic carbocycles. The highest BCUT2D eigenvalue weighted by molar-refractivity contribution is 7.16. The molecule has 10 heteroatoms.